The second-order valence-electron chi connectivity index (χ2n) is 2.96. The molecule has 0 spiro atoms. The van der Waals surface area contributed by atoms with E-state index in [9.17, 15) is 8.42 Å². The van der Waals surface area contributed by atoms with Gasteiger partial charge in [0.05, 0.1) is 9.98 Å². The third-order valence-electron chi connectivity index (χ3n) is 1.85. The van der Waals surface area contributed by atoms with Gasteiger partial charge >= 0.3 is 0 Å². The molecule has 0 aromatic carbocycles. The van der Waals surface area contributed by atoms with Crippen LogP contribution in [0, 0.1) is 0 Å². The Morgan fingerprint density at radius 3 is 2.88 bits per heavy atom. The molecule has 2 aromatic rings. The molecular weight excluding hydrogens is 314 g/mol. The fourth-order valence-electron chi connectivity index (χ4n) is 1.08. The summed E-state index contributed by atoms with van der Waals surface area (Å²) in [4.78, 5) is 1.09. The van der Waals surface area contributed by atoms with E-state index in [0.717, 1.165) is 8.66 Å². The van der Waals surface area contributed by atoms with Crippen molar-refractivity contribution >= 4 is 37.3 Å². The van der Waals surface area contributed by atoms with Crippen LogP contribution in [0.5, 0.6) is 0 Å². The average Bonchev–Trinajstić information content (AvgIpc) is 2.85. The highest BCUT2D eigenvalue weighted by Gasteiger charge is 2.14. The number of nitrogens with zero attached hydrogens (tertiary/aromatic N) is 1. The van der Waals surface area contributed by atoms with Gasteiger partial charge in [-0.05, 0) is 28.1 Å². The molecule has 0 aliphatic rings. The fraction of sp³-hybridized carbons (Fsp3) is 0.125. The van der Waals surface area contributed by atoms with E-state index in [4.69, 9.17) is 0 Å². The highest BCUT2D eigenvalue weighted by Crippen LogP contribution is 2.22. The molecule has 8 heteroatoms. The lowest BCUT2D eigenvalue weighted by Gasteiger charge is -2.01. The number of rotatable bonds is 4. The molecule has 5 nitrogen and oxygen atoms in total. The van der Waals surface area contributed by atoms with Crippen molar-refractivity contribution in [3.8, 4) is 0 Å². The second-order valence-corrected chi connectivity index (χ2v) is 7.28. The Labute approximate surface area is 105 Å². The summed E-state index contributed by atoms with van der Waals surface area (Å²) in [5.74, 6) is 0. The van der Waals surface area contributed by atoms with E-state index in [0.29, 0.717) is 0 Å². The number of aromatic nitrogens is 2. The average molecular weight is 322 g/mol. The Hall–Kier alpha value is -0.700. The zero-order valence-corrected chi connectivity index (χ0v) is 11.2. The minimum atomic E-state index is -3.46. The molecular formula is C8H8BrN3O2S2. The zero-order chi connectivity index (χ0) is 11.6. The number of H-pyrrole nitrogens is 1. The van der Waals surface area contributed by atoms with Gasteiger partial charge in [-0.2, -0.15) is 5.10 Å². The topological polar surface area (TPSA) is 74.8 Å². The number of thiophene rings is 1. The van der Waals surface area contributed by atoms with Gasteiger partial charge in [-0.1, -0.05) is 0 Å². The Morgan fingerprint density at radius 1 is 1.50 bits per heavy atom. The normalized spacial score (nSPS) is 11.8. The molecule has 0 saturated carbocycles. The minimum absolute atomic E-state index is 0.142. The first-order valence-corrected chi connectivity index (χ1v) is 7.40. The molecule has 2 rings (SSSR count). The van der Waals surface area contributed by atoms with Crippen LogP contribution in [0.25, 0.3) is 0 Å². The van der Waals surface area contributed by atoms with Gasteiger partial charge < -0.3 is 0 Å². The number of aromatic amines is 1. The largest absolute Gasteiger partial charge is 0.284 e. The molecule has 0 amide bonds. The summed E-state index contributed by atoms with van der Waals surface area (Å²) in [6, 6.07) is 3.75. The molecule has 2 aromatic heterocycles. The van der Waals surface area contributed by atoms with Gasteiger partial charge in [0.15, 0.2) is 0 Å². The first-order valence-electron chi connectivity index (χ1n) is 4.30. The predicted molar refractivity (Wildman–Crippen MR) is 64.6 cm³/mol. The standard InChI is InChI=1S/C8H8BrN3O2S2/c9-8-2-1-6(15-8)3-12-16(13,14)7-4-10-11-5-7/h1-2,4-5,12H,3H2,(H,10,11). The number of hydrogen-bond donors (Lipinski definition) is 2. The molecule has 2 heterocycles. The third-order valence-corrected chi connectivity index (χ3v) is 4.84. The van der Waals surface area contributed by atoms with Crippen LogP contribution in [0.15, 0.2) is 33.2 Å². The van der Waals surface area contributed by atoms with E-state index >= 15 is 0 Å². The van der Waals surface area contributed by atoms with Gasteiger partial charge in [0, 0.05) is 17.6 Å². The van der Waals surface area contributed by atoms with Crippen molar-refractivity contribution < 1.29 is 8.42 Å². The monoisotopic (exact) mass is 321 g/mol. The predicted octanol–water partition coefficient (Wildman–Crippen LogP) is 1.71. The Balaban J connectivity index is 2.06. The first-order chi connectivity index (χ1) is 7.58. The van der Waals surface area contributed by atoms with E-state index in [1.54, 1.807) is 0 Å². The molecule has 86 valence electrons. The SMILES string of the molecule is O=S(=O)(NCc1ccc(Br)s1)c1cn[nH]c1. The van der Waals surface area contributed by atoms with Gasteiger partial charge in [0.25, 0.3) is 0 Å². The minimum Gasteiger partial charge on any atom is -0.284 e. The molecule has 0 unspecified atom stereocenters. The van der Waals surface area contributed by atoms with E-state index in [1.165, 1.54) is 23.7 Å². The molecule has 0 atom stereocenters. The number of nitrogens with one attached hydrogen (secondary N) is 2. The maximum Gasteiger partial charge on any atom is 0.244 e. The molecule has 0 saturated heterocycles. The lowest BCUT2D eigenvalue weighted by molar-refractivity contribution is 0.582. The molecule has 0 aliphatic heterocycles. The van der Waals surface area contributed by atoms with Gasteiger partial charge in [0.1, 0.15) is 4.90 Å². The van der Waals surface area contributed by atoms with Crippen LogP contribution < -0.4 is 4.72 Å². The van der Waals surface area contributed by atoms with E-state index < -0.39 is 10.0 Å². The van der Waals surface area contributed by atoms with E-state index in [1.807, 2.05) is 12.1 Å². The van der Waals surface area contributed by atoms with Crippen molar-refractivity contribution in [2.75, 3.05) is 0 Å². The lowest BCUT2D eigenvalue weighted by atomic mass is 10.5. The highest BCUT2D eigenvalue weighted by atomic mass is 79.9. The summed E-state index contributed by atoms with van der Waals surface area (Å²) in [7, 11) is -3.46. The van der Waals surface area contributed by atoms with Crippen LogP contribution >= 0.6 is 27.3 Å². The van der Waals surface area contributed by atoms with Crippen LogP contribution in [0.3, 0.4) is 0 Å². The van der Waals surface area contributed by atoms with Crippen molar-refractivity contribution in [2.45, 2.75) is 11.4 Å². The van der Waals surface area contributed by atoms with Gasteiger partial charge in [-0.3, -0.25) is 5.10 Å². The van der Waals surface area contributed by atoms with Crippen LogP contribution in [-0.2, 0) is 16.6 Å². The summed E-state index contributed by atoms with van der Waals surface area (Å²) in [6.45, 7) is 0.282. The van der Waals surface area contributed by atoms with Gasteiger partial charge in [0.2, 0.25) is 10.0 Å². The van der Waals surface area contributed by atoms with Crippen molar-refractivity contribution in [3.63, 3.8) is 0 Å². The lowest BCUT2D eigenvalue weighted by Crippen LogP contribution is -2.22. The third kappa shape index (κ3) is 2.70. The molecule has 0 radical (unpaired) electrons. The summed E-state index contributed by atoms with van der Waals surface area (Å²) in [5, 5.41) is 6.06. The molecule has 0 aliphatic carbocycles. The maximum absolute atomic E-state index is 11.7. The van der Waals surface area contributed by atoms with Gasteiger partial charge in [-0.25, -0.2) is 13.1 Å². The van der Waals surface area contributed by atoms with Crippen LogP contribution in [-0.4, -0.2) is 18.6 Å². The summed E-state index contributed by atoms with van der Waals surface area (Å²) in [6.07, 6.45) is 2.61. The molecule has 2 N–H and O–H groups in total. The smallest absolute Gasteiger partial charge is 0.244 e. The fourth-order valence-corrected chi connectivity index (χ4v) is 3.51. The summed E-state index contributed by atoms with van der Waals surface area (Å²) < 4.78 is 26.9. The number of sulfonamides is 1. The highest BCUT2D eigenvalue weighted by molar-refractivity contribution is 9.11. The van der Waals surface area contributed by atoms with E-state index in [2.05, 4.69) is 30.8 Å². The Kier molecular flexibility index (Phi) is 3.43. The zero-order valence-electron chi connectivity index (χ0n) is 7.97. The van der Waals surface area contributed by atoms with Crippen molar-refractivity contribution in [3.05, 3.63) is 33.2 Å². The van der Waals surface area contributed by atoms with Crippen LogP contribution in [0.2, 0.25) is 0 Å². The van der Waals surface area contributed by atoms with Crippen LogP contribution in [0.4, 0.5) is 0 Å². The Bertz CT molecular complexity index is 562. The number of halogens is 1. The molecule has 0 fully saturated rings. The first kappa shape index (κ1) is 11.8. The van der Waals surface area contributed by atoms with Gasteiger partial charge in [-0.15, -0.1) is 11.3 Å². The van der Waals surface area contributed by atoms with Crippen molar-refractivity contribution in [1.82, 2.24) is 14.9 Å². The molecule has 16 heavy (non-hydrogen) atoms. The molecule has 0 bridgehead atoms. The maximum atomic E-state index is 11.7. The number of hydrogen-bond acceptors (Lipinski definition) is 4. The second kappa shape index (κ2) is 4.66. The van der Waals surface area contributed by atoms with Crippen LogP contribution in [0.1, 0.15) is 4.88 Å². The summed E-state index contributed by atoms with van der Waals surface area (Å²) >= 11 is 4.81. The quantitative estimate of drug-likeness (QED) is 0.900. The van der Waals surface area contributed by atoms with Crippen molar-refractivity contribution in [1.29, 1.82) is 0 Å². The summed E-state index contributed by atoms with van der Waals surface area (Å²) in [5.41, 5.74) is 0. The Morgan fingerprint density at radius 2 is 2.31 bits per heavy atom. The van der Waals surface area contributed by atoms with Crippen molar-refractivity contribution in [2.24, 2.45) is 0 Å². The van der Waals surface area contributed by atoms with E-state index in [-0.39, 0.29) is 11.4 Å².